The zero-order valence-electron chi connectivity index (χ0n) is 9.14. The van der Waals surface area contributed by atoms with Crippen molar-refractivity contribution in [1.82, 2.24) is 10.2 Å². The molecule has 1 heterocycles. The van der Waals surface area contributed by atoms with Crippen LogP contribution in [0.5, 0.6) is 0 Å². The lowest BCUT2D eigenvalue weighted by atomic mass is 9.96. The fourth-order valence-corrected chi connectivity index (χ4v) is 2.79. The Kier molecular flexibility index (Phi) is 3.38. The van der Waals surface area contributed by atoms with Crippen LogP contribution in [0.15, 0.2) is 0 Å². The molecule has 1 aromatic heterocycles. The van der Waals surface area contributed by atoms with Gasteiger partial charge in [-0.1, -0.05) is 17.8 Å². The van der Waals surface area contributed by atoms with Crippen molar-refractivity contribution in [3.05, 3.63) is 5.01 Å². The molecule has 2 rings (SSSR count). The van der Waals surface area contributed by atoms with Crippen LogP contribution in [0.4, 0.5) is 5.13 Å². The van der Waals surface area contributed by atoms with Crippen molar-refractivity contribution in [1.29, 1.82) is 0 Å². The highest BCUT2D eigenvalue weighted by molar-refractivity contribution is 7.15. The second-order valence-electron chi connectivity index (χ2n) is 4.14. The molecule has 88 valence electrons. The molecule has 0 aliphatic heterocycles. The molecule has 0 spiro atoms. The average Bonchev–Trinajstić information content (AvgIpc) is 2.83. The molecule has 1 fully saturated rings. The quantitative estimate of drug-likeness (QED) is 0.840. The summed E-state index contributed by atoms with van der Waals surface area (Å²) in [6.07, 6.45) is 2.80. The molecule has 0 radical (unpaired) electrons. The number of aromatic nitrogens is 2. The van der Waals surface area contributed by atoms with Gasteiger partial charge in [0.15, 0.2) is 0 Å². The van der Waals surface area contributed by atoms with E-state index in [4.69, 9.17) is 5.11 Å². The van der Waals surface area contributed by atoms with E-state index in [1.165, 1.54) is 11.3 Å². The summed E-state index contributed by atoms with van der Waals surface area (Å²) < 4.78 is 0. The number of carboxylic acids is 1. The Morgan fingerprint density at radius 3 is 3.00 bits per heavy atom. The van der Waals surface area contributed by atoms with Crippen LogP contribution in [0.25, 0.3) is 0 Å². The summed E-state index contributed by atoms with van der Waals surface area (Å²) >= 11 is 1.50. The van der Waals surface area contributed by atoms with Crippen LogP contribution in [-0.4, -0.2) is 27.8 Å². The van der Waals surface area contributed by atoms with Gasteiger partial charge in [0.2, 0.25) is 5.13 Å². The molecule has 16 heavy (non-hydrogen) atoms. The Morgan fingerprint density at radius 2 is 2.38 bits per heavy atom. The molecule has 1 aromatic rings. The molecule has 1 aliphatic carbocycles. The number of anilines is 1. The summed E-state index contributed by atoms with van der Waals surface area (Å²) in [7, 11) is 0. The van der Waals surface area contributed by atoms with Crippen LogP contribution in [0.3, 0.4) is 0 Å². The number of hydrogen-bond donors (Lipinski definition) is 2. The summed E-state index contributed by atoms with van der Waals surface area (Å²) in [6.45, 7) is 2.59. The molecule has 2 atom stereocenters. The third-order valence-electron chi connectivity index (χ3n) is 3.02. The predicted octanol–water partition coefficient (Wildman–Crippen LogP) is 1.76. The number of carboxylic acid groups (broad SMARTS) is 1. The van der Waals surface area contributed by atoms with Crippen LogP contribution in [-0.2, 0) is 4.79 Å². The monoisotopic (exact) mass is 241 g/mol. The molecular weight excluding hydrogens is 226 g/mol. The lowest BCUT2D eigenvalue weighted by molar-refractivity contribution is -0.142. The van der Waals surface area contributed by atoms with Gasteiger partial charge in [0.25, 0.3) is 0 Å². The van der Waals surface area contributed by atoms with Crippen molar-refractivity contribution in [3.63, 3.8) is 0 Å². The fraction of sp³-hybridized carbons (Fsp3) is 0.700. The summed E-state index contributed by atoms with van der Waals surface area (Å²) in [5.74, 6) is -0.638. The van der Waals surface area contributed by atoms with E-state index in [9.17, 15) is 4.79 Å². The molecule has 6 heteroatoms. The number of carbonyl (C=O) groups is 1. The van der Waals surface area contributed by atoms with Gasteiger partial charge in [-0.15, -0.1) is 10.2 Å². The standard InChI is InChI=1S/C10H15N3O2S/c1-6-12-13-10(16-6)11-5-7-3-2-4-8(7)9(14)15/h7-8H,2-5H2,1H3,(H,11,13)(H,14,15). The molecule has 5 nitrogen and oxygen atoms in total. The minimum atomic E-state index is -0.669. The van der Waals surface area contributed by atoms with Gasteiger partial charge >= 0.3 is 5.97 Å². The van der Waals surface area contributed by atoms with E-state index in [-0.39, 0.29) is 11.8 Å². The van der Waals surface area contributed by atoms with Gasteiger partial charge in [-0.25, -0.2) is 0 Å². The summed E-state index contributed by atoms with van der Waals surface area (Å²) in [4.78, 5) is 11.0. The Bertz CT molecular complexity index is 380. The molecule has 0 bridgehead atoms. The molecule has 1 saturated carbocycles. The first-order valence-corrected chi connectivity index (χ1v) is 6.25. The zero-order valence-corrected chi connectivity index (χ0v) is 9.96. The number of rotatable bonds is 4. The van der Waals surface area contributed by atoms with Gasteiger partial charge in [-0.3, -0.25) is 4.79 Å². The summed E-state index contributed by atoms with van der Waals surface area (Å²) in [5.41, 5.74) is 0. The largest absolute Gasteiger partial charge is 0.481 e. The Labute approximate surface area is 97.9 Å². The molecule has 0 aromatic carbocycles. The van der Waals surface area contributed by atoms with Crippen molar-refractivity contribution in [2.75, 3.05) is 11.9 Å². The Morgan fingerprint density at radius 1 is 1.56 bits per heavy atom. The first-order valence-electron chi connectivity index (χ1n) is 5.43. The van der Waals surface area contributed by atoms with Gasteiger partial charge in [0.1, 0.15) is 5.01 Å². The average molecular weight is 241 g/mol. The molecule has 0 amide bonds. The predicted molar refractivity (Wildman–Crippen MR) is 61.6 cm³/mol. The van der Waals surface area contributed by atoms with Crippen molar-refractivity contribution in [2.24, 2.45) is 11.8 Å². The van der Waals surface area contributed by atoms with Gasteiger partial charge < -0.3 is 10.4 Å². The number of nitrogens with one attached hydrogen (secondary N) is 1. The molecular formula is C10H15N3O2S. The van der Waals surface area contributed by atoms with Crippen molar-refractivity contribution in [3.8, 4) is 0 Å². The molecule has 1 aliphatic rings. The van der Waals surface area contributed by atoms with E-state index < -0.39 is 5.97 Å². The normalized spacial score (nSPS) is 24.6. The maximum absolute atomic E-state index is 11.0. The minimum absolute atomic E-state index is 0.193. The van der Waals surface area contributed by atoms with E-state index in [0.717, 1.165) is 29.4 Å². The van der Waals surface area contributed by atoms with Crippen LogP contribution in [0, 0.1) is 18.8 Å². The minimum Gasteiger partial charge on any atom is -0.481 e. The van der Waals surface area contributed by atoms with Crippen LogP contribution < -0.4 is 5.32 Å². The van der Waals surface area contributed by atoms with Gasteiger partial charge in [0.05, 0.1) is 5.92 Å². The Hall–Kier alpha value is -1.17. The lowest BCUT2D eigenvalue weighted by Gasteiger charge is -2.15. The smallest absolute Gasteiger partial charge is 0.306 e. The SMILES string of the molecule is Cc1nnc(NCC2CCCC2C(=O)O)s1. The van der Waals surface area contributed by atoms with Crippen LogP contribution in [0.2, 0.25) is 0 Å². The highest BCUT2D eigenvalue weighted by Gasteiger charge is 2.32. The third kappa shape index (κ3) is 2.49. The van der Waals surface area contributed by atoms with E-state index in [0.29, 0.717) is 6.54 Å². The third-order valence-corrected chi connectivity index (χ3v) is 3.81. The first kappa shape index (κ1) is 11.3. The summed E-state index contributed by atoms with van der Waals surface area (Å²) in [5, 5.41) is 21.8. The first-order chi connectivity index (χ1) is 7.66. The van der Waals surface area contributed by atoms with Crippen molar-refractivity contribution >= 4 is 22.4 Å². The lowest BCUT2D eigenvalue weighted by Crippen LogP contribution is -2.24. The van der Waals surface area contributed by atoms with E-state index in [1.54, 1.807) is 0 Å². The zero-order chi connectivity index (χ0) is 11.5. The van der Waals surface area contributed by atoms with E-state index in [1.807, 2.05) is 6.92 Å². The second-order valence-corrected chi connectivity index (χ2v) is 5.32. The highest BCUT2D eigenvalue weighted by Crippen LogP contribution is 2.32. The second kappa shape index (κ2) is 4.78. The summed E-state index contributed by atoms with van der Waals surface area (Å²) in [6, 6.07) is 0. The number of aryl methyl sites for hydroxylation is 1. The topological polar surface area (TPSA) is 75.1 Å². The fourth-order valence-electron chi connectivity index (χ4n) is 2.19. The van der Waals surface area contributed by atoms with Gasteiger partial charge in [-0.05, 0) is 25.7 Å². The highest BCUT2D eigenvalue weighted by atomic mass is 32.1. The van der Waals surface area contributed by atoms with Crippen molar-refractivity contribution < 1.29 is 9.90 Å². The van der Waals surface area contributed by atoms with Crippen LogP contribution in [0.1, 0.15) is 24.3 Å². The molecule has 2 N–H and O–H groups in total. The number of hydrogen-bond acceptors (Lipinski definition) is 5. The van der Waals surface area contributed by atoms with E-state index >= 15 is 0 Å². The van der Waals surface area contributed by atoms with Crippen LogP contribution >= 0.6 is 11.3 Å². The maximum atomic E-state index is 11.0. The van der Waals surface area contributed by atoms with Crippen molar-refractivity contribution in [2.45, 2.75) is 26.2 Å². The Balaban J connectivity index is 1.87. The number of nitrogens with zero attached hydrogens (tertiary/aromatic N) is 2. The maximum Gasteiger partial charge on any atom is 0.306 e. The van der Waals surface area contributed by atoms with E-state index in [2.05, 4.69) is 15.5 Å². The molecule has 0 saturated heterocycles. The molecule has 2 unspecified atom stereocenters. The van der Waals surface area contributed by atoms with Gasteiger partial charge in [-0.2, -0.15) is 0 Å². The number of aliphatic carboxylic acids is 1. The van der Waals surface area contributed by atoms with Gasteiger partial charge in [0, 0.05) is 6.54 Å².